The molecular weight excluding hydrogens is 448 g/mol. The molecule has 3 rings (SSSR count). The molecule has 2 amide bonds. The van der Waals surface area contributed by atoms with E-state index in [9.17, 15) is 9.59 Å². The topological polar surface area (TPSA) is 58.6 Å². The molecule has 0 bridgehead atoms. The van der Waals surface area contributed by atoms with Gasteiger partial charge in [-0.15, -0.1) is 0 Å². The first kappa shape index (κ1) is 27.0. The van der Waals surface area contributed by atoms with Crippen LogP contribution in [0.5, 0.6) is 5.75 Å². The van der Waals surface area contributed by atoms with Gasteiger partial charge in [-0.05, 0) is 56.0 Å². The van der Waals surface area contributed by atoms with E-state index in [4.69, 9.17) is 4.74 Å². The van der Waals surface area contributed by atoms with Gasteiger partial charge in [0.25, 0.3) is 0 Å². The minimum Gasteiger partial charge on any atom is -0.497 e. The van der Waals surface area contributed by atoms with Gasteiger partial charge in [-0.3, -0.25) is 9.59 Å². The Labute approximate surface area is 215 Å². The number of benzene rings is 3. The molecule has 0 aromatic heterocycles. The number of hydrogen-bond donors (Lipinski definition) is 1. The van der Waals surface area contributed by atoms with Crippen molar-refractivity contribution >= 4 is 11.8 Å². The highest BCUT2D eigenvalue weighted by Crippen LogP contribution is 2.30. The summed E-state index contributed by atoms with van der Waals surface area (Å²) < 4.78 is 5.39. The van der Waals surface area contributed by atoms with Crippen molar-refractivity contribution in [1.82, 2.24) is 10.2 Å². The third kappa shape index (κ3) is 7.45. The van der Waals surface area contributed by atoms with Crippen LogP contribution in [0.25, 0.3) is 0 Å². The lowest BCUT2D eigenvalue weighted by molar-refractivity contribution is -0.142. The molecule has 5 heteroatoms. The molecule has 0 aliphatic rings. The third-order valence-corrected chi connectivity index (χ3v) is 6.15. The SMILES string of the molecule is CC[C@H](C(=O)NC(C)(C)C)N(Cc1cccc(OC)c1)C(=O)CC(c1ccccc1)c1ccccc1. The van der Waals surface area contributed by atoms with Crippen molar-refractivity contribution in [1.29, 1.82) is 0 Å². The summed E-state index contributed by atoms with van der Waals surface area (Å²) in [7, 11) is 1.62. The molecule has 0 radical (unpaired) electrons. The normalized spacial score (nSPS) is 12.2. The zero-order chi connectivity index (χ0) is 26.1. The first-order valence-electron chi connectivity index (χ1n) is 12.6. The summed E-state index contributed by atoms with van der Waals surface area (Å²) in [6.45, 7) is 8.12. The highest BCUT2D eigenvalue weighted by molar-refractivity contribution is 5.88. The summed E-state index contributed by atoms with van der Waals surface area (Å²) in [5.74, 6) is 0.401. The maximum absolute atomic E-state index is 14.0. The van der Waals surface area contributed by atoms with Crippen molar-refractivity contribution in [3.8, 4) is 5.75 Å². The van der Waals surface area contributed by atoms with Gasteiger partial charge in [0, 0.05) is 24.4 Å². The minimum atomic E-state index is -0.588. The number of nitrogens with one attached hydrogen (secondary N) is 1. The number of amides is 2. The van der Waals surface area contributed by atoms with Gasteiger partial charge in [0.1, 0.15) is 11.8 Å². The molecule has 0 spiro atoms. The van der Waals surface area contributed by atoms with Gasteiger partial charge in [-0.25, -0.2) is 0 Å². The number of carbonyl (C=O) groups excluding carboxylic acids is 2. The molecule has 0 fully saturated rings. The van der Waals surface area contributed by atoms with Crippen LogP contribution in [0.2, 0.25) is 0 Å². The zero-order valence-corrected chi connectivity index (χ0v) is 22.0. The average Bonchev–Trinajstić information content (AvgIpc) is 2.87. The van der Waals surface area contributed by atoms with Crippen LogP contribution < -0.4 is 10.1 Å². The number of ether oxygens (including phenoxy) is 1. The Balaban J connectivity index is 1.97. The highest BCUT2D eigenvalue weighted by Gasteiger charge is 2.32. The Morgan fingerprint density at radius 3 is 1.97 bits per heavy atom. The van der Waals surface area contributed by atoms with E-state index in [0.717, 1.165) is 22.4 Å². The molecule has 0 aliphatic heterocycles. The summed E-state index contributed by atoms with van der Waals surface area (Å²) in [5.41, 5.74) is 2.67. The molecule has 1 atom stereocenters. The van der Waals surface area contributed by atoms with Crippen molar-refractivity contribution < 1.29 is 14.3 Å². The Kier molecular flexibility index (Phi) is 9.29. The fourth-order valence-electron chi connectivity index (χ4n) is 4.43. The largest absolute Gasteiger partial charge is 0.497 e. The van der Waals surface area contributed by atoms with E-state index in [0.29, 0.717) is 13.0 Å². The predicted octanol–water partition coefficient (Wildman–Crippen LogP) is 5.94. The van der Waals surface area contributed by atoms with Crippen molar-refractivity contribution in [3.05, 3.63) is 102 Å². The molecule has 36 heavy (non-hydrogen) atoms. The average molecular weight is 487 g/mol. The zero-order valence-electron chi connectivity index (χ0n) is 22.0. The van der Waals surface area contributed by atoms with Crippen LogP contribution in [0, 0.1) is 0 Å². The van der Waals surface area contributed by atoms with Crippen molar-refractivity contribution in [2.75, 3.05) is 7.11 Å². The number of rotatable bonds is 10. The minimum absolute atomic E-state index is 0.0635. The lowest BCUT2D eigenvalue weighted by Gasteiger charge is -2.34. The molecular formula is C31H38N2O3. The van der Waals surface area contributed by atoms with E-state index < -0.39 is 11.6 Å². The first-order valence-corrected chi connectivity index (χ1v) is 12.6. The molecule has 0 saturated carbocycles. The van der Waals surface area contributed by atoms with Gasteiger partial charge in [0.05, 0.1) is 7.11 Å². The summed E-state index contributed by atoms with van der Waals surface area (Å²) in [6, 6.07) is 27.2. The molecule has 5 nitrogen and oxygen atoms in total. The van der Waals surface area contributed by atoms with Crippen LogP contribution in [-0.4, -0.2) is 35.4 Å². The lowest BCUT2D eigenvalue weighted by atomic mass is 9.88. The number of hydrogen-bond acceptors (Lipinski definition) is 3. The van der Waals surface area contributed by atoms with Crippen molar-refractivity contribution in [2.45, 2.75) is 64.6 Å². The molecule has 190 valence electrons. The van der Waals surface area contributed by atoms with Crippen LogP contribution in [0.15, 0.2) is 84.9 Å². The van der Waals surface area contributed by atoms with E-state index >= 15 is 0 Å². The Morgan fingerprint density at radius 2 is 1.47 bits per heavy atom. The molecule has 0 unspecified atom stereocenters. The maximum Gasteiger partial charge on any atom is 0.243 e. The first-order chi connectivity index (χ1) is 17.2. The maximum atomic E-state index is 14.0. The quantitative estimate of drug-likeness (QED) is 0.386. The molecule has 0 heterocycles. The molecule has 3 aromatic carbocycles. The summed E-state index contributed by atoms with van der Waals surface area (Å²) in [4.78, 5) is 29.1. The van der Waals surface area contributed by atoms with E-state index in [2.05, 4.69) is 29.6 Å². The van der Waals surface area contributed by atoms with E-state index in [1.165, 1.54) is 0 Å². The Bertz CT molecular complexity index is 1080. The molecule has 1 N–H and O–H groups in total. The summed E-state index contributed by atoms with van der Waals surface area (Å²) in [5, 5.41) is 3.07. The van der Waals surface area contributed by atoms with Crippen molar-refractivity contribution in [3.63, 3.8) is 0 Å². The molecule has 3 aromatic rings. The Morgan fingerprint density at radius 1 is 0.889 bits per heavy atom. The number of methoxy groups -OCH3 is 1. The van der Waals surface area contributed by atoms with Gasteiger partial charge in [-0.2, -0.15) is 0 Å². The molecule has 0 saturated heterocycles. The van der Waals surface area contributed by atoms with Crippen LogP contribution in [0.4, 0.5) is 0 Å². The van der Waals surface area contributed by atoms with Crippen LogP contribution in [0.1, 0.15) is 63.1 Å². The second kappa shape index (κ2) is 12.4. The standard InChI is InChI=1S/C31H38N2O3/c1-6-28(30(35)32-31(2,3)4)33(22-23-14-13-19-26(20-23)36-5)29(34)21-27(24-15-9-7-10-16-24)25-17-11-8-12-18-25/h7-20,27-28H,6,21-22H2,1-5H3,(H,32,35)/t28-/m1/s1. The second-order valence-corrected chi connectivity index (χ2v) is 10.1. The number of nitrogens with zero attached hydrogens (tertiary/aromatic N) is 1. The summed E-state index contributed by atoms with van der Waals surface area (Å²) in [6.07, 6.45) is 0.774. The van der Waals surface area contributed by atoms with Crippen LogP contribution >= 0.6 is 0 Å². The van der Waals surface area contributed by atoms with Crippen molar-refractivity contribution in [2.24, 2.45) is 0 Å². The van der Waals surface area contributed by atoms with Crippen LogP contribution in [0.3, 0.4) is 0 Å². The van der Waals surface area contributed by atoms with Gasteiger partial charge in [0.2, 0.25) is 11.8 Å². The van der Waals surface area contributed by atoms with E-state index in [-0.39, 0.29) is 24.2 Å². The van der Waals surface area contributed by atoms with E-state index in [1.54, 1.807) is 12.0 Å². The van der Waals surface area contributed by atoms with Gasteiger partial charge in [-0.1, -0.05) is 79.7 Å². The predicted molar refractivity (Wildman–Crippen MR) is 145 cm³/mol. The lowest BCUT2D eigenvalue weighted by Crippen LogP contribution is -2.53. The third-order valence-electron chi connectivity index (χ3n) is 6.15. The van der Waals surface area contributed by atoms with Gasteiger partial charge >= 0.3 is 0 Å². The van der Waals surface area contributed by atoms with Crippen LogP contribution in [-0.2, 0) is 16.1 Å². The second-order valence-electron chi connectivity index (χ2n) is 10.1. The van der Waals surface area contributed by atoms with E-state index in [1.807, 2.05) is 88.4 Å². The smallest absolute Gasteiger partial charge is 0.243 e. The highest BCUT2D eigenvalue weighted by atomic mass is 16.5. The monoisotopic (exact) mass is 486 g/mol. The summed E-state index contributed by atoms with van der Waals surface area (Å²) >= 11 is 0. The Hall–Kier alpha value is -3.60. The fraction of sp³-hybridized carbons (Fsp3) is 0.355. The van der Waals surface area contributed by atoms with Gasteiger partial charge < -0.3 is 15.0 Å². The number of carbonyl (C=O) groups is 2. The fourth-order valence-corrected chi connectivity index (χ4v) is 4.43. The van der Waals surface area contributed by atoms with Gasteiger partial charge in [0.15, 0.2) is 0 Å². The molecule has 0 aliphatic carbocycles.